The average molecular weight is 397 g/mol. The molecule has 0 saturated heterocycles. The Kier molecular flexibility index (Phi) is 7.28. The molecule has 0 spiro atoms. The van der Waals surface area contributed by atoms with Gasteiger partial charge in [-0.1, -0.05) is 92.1 Å². The topological polar surface area (TPSA) is 52.0 Å². The first-order valence-electron chi connectivity index (χ1n) is 10.6. The Labute approximate surface area is 180 Å². The summed E-state index contributed by atoms with van der Waals surface area (Å²) in [5.74, 6) is 0. The molecule has 2 nitrogen and oxygen atoms in total. The SMILES string of the molecule is CC(C)(C)c1cc(C(C)(C)C)c(N)c(C(C)(C)C)c1.Cc1cc(C)c(N)c(C)c1. The number of anilines is 2. The van der Waals surface area contributed by atoms with E-state index in [1.807, 2.05) is 13.8 Å². The van der Waals surface area contributed by atoms with Gasteiger partial charge in [0.05, 0.1) is 0 Å². The molecule has 29 heavy (non-hydrogen) atoms. The van der Waals surface area contributed by atoms with Crippen molar-refractivity contribution in [2.45, 2.75) is 99.3 Å². The fourth-order valence-corrected chi connectivity index (χ4v) is 3.52. The maximum atomic E-state index is 6.47. The van der Waals surface area contributed by atoms with Crippen molar-refractivity contribution in [3.63, 3.8) is 0 Å². The van der Waals surface area contributed by atoms with Crippen molar-refractivity contribution in [2.75, 3.05) is 11.5 Å². The quantitative estimate of drug-likeness (QED) is 0.457. The number of hydrogen-bond donors (Lipinski definition) is 2. The summed E-state index contributed by atoms with van der Waals surface area (Å²) in [5, 5.41) is 0. The molecule has 0 saturated carbocycles. The molecular weight excluding hydrogens is 352 g/mol. The lowest BCUT2D eigenvalue weighted by molar-refractivity contribution is 0.551. The van der Waals surface area contributed by atoms with Crippen LogP contribution in [-0.4, -0.2) is 0 Å². The van der Waals surface area contributed by atoms with E-state index in [0.717, 1.165) is 11.4 Å². The van der Waals surface area contributed by atoms with Gasteiger partial charge in [0.1, 0.15) is 0 Å². The molecule has 0 radical (unpaired) electrons. The Morgan fingerprint density at radius 2 is 0.862 bits per heavy atom. The average Bonchev–Trinajstić information content (AvgIpc) is 2.49. The van der Waals surface area contributed by atoms with Crippen molar-refractivity contribution in [1.29, 1.82) is 0 Å². The summed E-state index contributed by atoms with van der Waals surface area (Å²) in [6.07, 6.45) is 0. The van der Waals surface area contributed by atoms with E-state index in [1.165, 1.54) is 33.4 Å². The van der Waals surface area contributed by atoms with Crippen LogP contribution in [0.15, 0.2) is 24.3 Å². The summed E-state index contributed by atoms with van der Waals surface area (Å²) >= 11 is 0. The highest BCUT2D eigenvalue weighted by Crippen LogP contribution is 2.39. The molecule has 0 aliphatic rings. The third-order valence-electron chi connectivity index (χ3n) is 5.40. The third-order valence-corrected chi connectivity index (χ3v) is 5.40. The second-order valence-electron chi connectivity index (χ2n) is 11.5. The molecule has 2 aromatic carbocycles. The lowest BCUT2D eigenvalue weighted by atomic mass is 9.74. The van der Waals surface area contributed by atoms with E-state index in [9.17, 15) is 0 Å². The van der Waals surface area contributed by atoms with Crippen LogP contribution in [0.4, 0.5) is 11.4 Å². The van der Waals surface area contributed by atoms with Crippen LogP contribution >= 0.6 is 0 Å². The lowest BCUT2D eigenvalue weighted by Gasteiger charge is -2.32. The third kappa shape index (κ3) is 6.52. The van der Waals surface area contributed by atoms with E-state index in [1.54, 1.807) is 0 Å². The van der Waals surface area contributed by atoms with E-state index < -0.39 is 0 Å². The Balaban J connectivity index is 0.000000352. The molecule has 0 amide bonds. The van der Waals surface area contributed by atoms with E-state index in [0.29, 0.717) is 0 Å². The van der Waals surface area contributed by atoms with Crippen molar-refractivity contribution in [3.8, 4) is 0 Å². The minimum Gasteiger partial charge on any atom is -0.398 e. The van der Waals surface area contributed by atoms with Crippen molar-refractivity contribution in [3.05, 3.63) is 57.6 Å². The second kappa shape index (κ2) is 8.42. The van der Waals surface area contributed by atoms with Gasteiger partial charge in [-0.15, -0.1) is 0 Å². The maximum Gasteiger partial charge on any atom is 0.0390 e. The first-order chi connectivity index (χ1) is 12.9. The van der Waals surface area contributed by atoms with Crippen LogP contribution < -0.4 is 11.5 Å². The number of nitrogens with two attached hydrogens (primary N) is 2. The van der Waals surface area contributed by atoms with Crippen molar-refractivity contribution >= 4 is 11.4 Å². The fourth-order valence-electron chi connectivity index (χ4n) is 3.52. The molecule has 162 valence electrons. The van der Waals surface area contributed by atoms with Gasteiger partial charge in [-0.3, -0.25) is 0 Å². The summed E-state index contributed by atoms with van der Waals surface area (Å²) in [5.41, 5.74) is 21.9. The summed E-state index contributed by atoms with van der Waals surface area (Å²) in [7, 11) is 0. The van der Waals surface area contributed by atoms with Gasteiger partial charge in [-0.05, 0) is 64.8 Å². The van der Waals surface area contributed by atoms with Crippen LogP contribution in [0.1, 0.15) is 95.7 Å². The van der Waals surface area contributed by atoms with Crippen molar-refractivity contribution < 1.29 is 0 Å². The standard InChI is InChI=1S/C18H31N.C9H13N/c1-16(2,3)12-10-13(17(4,5)6)15(19)14(11-12)18(7,8)9;1-6-4-7(2)9(10)8(3)5-6/h10-11H,19H2,1-9H3;4-5H,10H2,1-3H3. The molecule has 0 atom stereocenters. The van der Waals surface area contributed by atoms with Gasteiger partial charge in [-0.25, -0.2) is 0 Å². The second-order valence-corrected chi connectivity index (χ2v) is 11.5. The van der Waals surface area contributed by atoms with Gasteiger partial charge in [-0.2, -0.15) is 0 Å². The van der Waals surface area contributed by atoms with Gasteiger partial charge >= 0.3 is 0 Å². The van der Waals surface area contributed by atoms with Crippen molar-refractivity contribution in [1.82, 2.24) is 0 Å². The number of aryl methyl sites for hydroxylation is 3. The maximum absolute atomic E-state index is 6.47. The van der Waals surface area contributed by atoms with Gasteiger partial charge in [0.2, 0.25) is 0 Å². The molecule has 0 aliphatic heterocycles. The Morgan fingerprint density at radius 1 is 0.517 bits per heavy atom. The Hall–Kier alpha value is -1.96. The zero-order valence-corrected chi connectivity index (χ0v) is 21.0. The smallest absolute Gasteiger partial charge is 0.0390 e. The summed E-state index contributed by atoms with van der Waals surface area (Å²) in [6, 6.07) is 8.79. The first kappa shape index (κ1) is 25.1. The monoisotopic (exact) mass is 396 g/mol. The lowest BCUT2D eigenvalue weighted by Crippen LogP contribution is -2.23. The number of benzene rings is 2. The molecule has 2 aromatic rings. The molecule has 0 aromatic heterocycles. The highest BCUT2D eigenvalue weighted by Gasteiger charge is 2.27. The summed E-state index contributed by atoms with van der Waals surface area (Å²) in [4.78, 5) is 0. The van der Waals surface area contributed by atoms with E-state index in [-0.39, 0.29) is 16.2 Å². The largest absolute Gasteiger partial charge is 0.398 e. The van der Waals surface area contributed by atoms with Crippen LogP contribution in [0.2, 0.25) is 0 Å². The molecule has 2 heteroatoms. The molecule has 4 N–H and O–H groups in total. The minimum atomic E-state index is 0.0747. The zero-order chi connectivity index (χ0) is 22.9. The number of hydrogen-bond acceptors (Lipinski definition) is 2. The van der Waals surface area contributed by atoms with E-state index in [2.05, 4.69) is 93.5 Å². The Morgan fingerprint density at radius 3 is 1.14 bits per heavy atom. The minimum absolute atomic E-state index is 0.0747. The van der Waals surface area contributed by atoms with Gasteiger partial charge in [0.25, 0.3) is 0 Å². The van der Waals surface area contributed by atoms with E-state index >= 15 is 0 Å². The molecule has 0 fully saturated rings. The highest BCUT2D eigenvalue weighted by molar-refractivity contribution is 5.61. The van der Waals surface area contributed by atoms with Crippen LogP contribution in [-0.2, 0) is 16.2 Å². The number of rotatable bonds is 0. The van der Waals surface area contributed by atoms with Crippen molar-refractivity contribution in [2.24, 2.45) is 0 Å². The molecule has 0 bridgehead atoms. The zero-order valence-electron chi connectivity index (χ0n) is 21.0. The normalized spacial score (nSPS) is 12.4. The number of nitrogen functional groups attached to an aromatic ring is 2. The predicted octanol–water partition coefficient (Wildman–Crippen LogP) is 7.36. The van der Waals surface area contributed by atoms with Gasteiger partial charge < -0.3 is 11.5 Å². The fraction of sp³-hybridized carbons (Fsp3) is 0.556. The van der Waals surface area contributed by atoms with Gasteiger partial charge in [0.15, 0.2) is 0 Å². The van der Waals surface area contributed by atoms with Crippen LogP contribution in [0.5, 0.6) is 0 Å². The summed E-state index contributed by atoms with van der Waals surface area (Å²) < 4.78 is 0. The van der Waals surface area contributed by atoms with E-state index in [4.69, 9.17) is 11.5 Å². The van der Waals surface area contributed by atoms with Gasteiger partial charge in [0, 0.05) is 11.4 Å². The molecule has 0 unspecified atom stereocenters. The van der Waals surface area contributed by atoms with Crippen LogP contribution in [0, 0.1) is 20.8 Å². The predicted molar refractivity (Wildman–Crippen MR) is 132 cm³/mol. The van der Waals surface area contributed by atoms with Crippen LogP contribution in [0.25, 0.3) is 0 Å². The summed E-state index contributed by atoms with van der Waals surface area (Å²) in [6.45, 7) is 26.3. The molecular formula is C27H44N2. The molecule has 0 heterocycles. The first-order valence-corrected chi connectivity index (χ1v) is 10.6. The highest BCUT2D eigenvalue weighted by atomic mass is 14.6. The van der Waals surface area contributed by atoms with Crippen LogP contribution in [0.3, 0.4) is 0 Å². The molecule has 2 rings (SSSR count). The Bertz CT molecular complexity index is 796. The molecule has 0 aliphatic carbocycles.